The van der Waals surface area contributed by atoms with E-state index >= 15 is 0 Å². The molecule has 2 aromatic carbocycles. The van der Waals surface area contributed by atoms with Crippen LogP contribution in [0.2, 0.25) is 0 Å². The van der Waals surface area contributed by atoms with Crippen LogP contribution < -0.4 is 20.7 Å². The lowest BCUT2D eigenvalue weighted by Crippen LogP contribution is -2.48. The molecule has 0 unspecified atom stereocenters. The molecule has 0 spiro atoms. The highest BCUT2D eigenvalue weighted by Gasteiger charge is 2.35. The van der Waals surface area contributed by atoms with Gasteiger partial charge in [0.1, 0.15) is 5.75 Å². The van der Waals surface area contributed by atoms with Crippen molar-refractivity contribution in [3.63, 3.8) is 0 Å². The summed E-state index contributed by atoms with van der Waals surface area (Å²) in [5.74, 6) is 0.0799. The number of benzene rings is 2. The summed E-state index contributed by atoms with van der Waals surface area (Å²) in [7, 11) is 1.32. The molecule has 1 aliphatic rings. The number of rotatable bonds is 8. The highest BCUT2D eigenvalue weighted by atomic mass is 16.5. The van der Waals surface area contributed by atoms with Crippen LogP contribution in [-0.4, -0.2) is 43.2 Å². The molecular formula is C25H30N4O5. The number of carbonyl (C=O) groups is 3. The van der Waals surface area contributed by atoms with Gasteiger partial charge in [0, 0.05) is 17.9 Å². The fourth-order valence-corrected chi connectivity index (χ4v) is 3.79. The summed E-state index contributed by atoms with van der Waals surface area (Å²) in [6.07, 6.45) is 0.751. The van der Waals surface area contributed by atoms with E-state index < -0.39 is 18.0 Å². The monoisotopic (exact) mass is 466 g/mol. The van der Waals surface area contributed by atoms with Gasteiger partial charge < -0.3 is 25.4 Å². The summed E-state index contributed by atoms with van der Waals surface area (Å²) >= 11 is 0. The van der Waals surface area contributed by atoms with Gasteiger partial charge in [-0.05, 0) is 50.1 Å². The van der Waals surface area contributed by atoms with Gasteiger partial charge in [0.05, 0.1) is 31.0 Å². The van der Waals surface area contributed by atoms with Gasteiger partial charge in [-0.3, -0.25) is 4.90 Å². The summed E-state index contributed by atoms with van der Waals surface area (Å²) in [6, 6.07) is 12.7. The molecular weight excluding hydrogens is 436 g/mol. The average Bonchev–Trinajstić information content (AvgIpc) is 2.83. The van der Waals surface area contributed by atoms with Crippen LogP contribution in [-0.2, 0) is 9.53 Å². The van der Waals surface area contributed by atoms with Gasteiger partial charge in [-0.15, -0.1) is 0 Å². The summed E-state index contributed by atoms with van der Waals surface area (Å²) in [4.78, 5) is 39.2. The van der Waals surface area contributed by atoms with E-state index in [1.54, 1.807) is 54.3 Å². The topological polar surface area (TPSA) is 109 Å². The lowest BCUT2D eigenvalue weighted by Gasteiger charge is -2.35. The molecule has 34 heavy (non-hydrogen) atoms. The Kier molecular flexibility index (Phi) is 8.13. The molecule has 9 nitrogen and oxygen atoms in total. The van der Waals surface area contributed by atoms with Crippen molar-refractivity contribution in [3.8, 4) is 5.75 Å². The summed E-state index contributed by atoms with van der Waals surface area (Å²) in [5.41, 5.74) is 2.74. The molecule has 180 valence electrons. The van der Waals surface area contributed by atoms with E-state index in [9.17, 15) is 14.4 Å². The number of anilines is 2. The Balaban J connectivity index is 1.77. The molecule has 0 bridgehead atoms. The van der Waals surface area contributed by atoms with E-state index in [2.05, 4.69) is 16.0 Å². The highest BCUT2D eigenvalue weighted by molar-refractivity contribution is 6.00. The van der Waals surface area contributed by atoms with Gasteiger partial charge in [-0.2, -0.15) is 0 Å². The number of esters is 1. The molecule has 0 fully saturated rings. The molecule has 0 radical (unpaired) electrons. The maximum atomic E-state index is 12.6. The van der Waals surface area contributed by atoms with Gasteiger partial charge in [0.2, 0.25) is 0 Å². The van der Waals surface area contributed by atoms with Crippen LogP contribution in [0.5, 0.6) is 5.75 Å². The first-order valence-corrected chi connectivity index (χ1v) is 11.2. The zero-order valence-electron chi connectivity index (χ0n) is 19.8. The summed E-state index contributed by atoms with van der Waals surface area (Å²) in [5, 5.41) is 8.43. The predicted octanol–water partition coefficient (Wildman–Crippen LogP) is 4.65. The summed E-state index contributed by atoms with van der Waals surface area (Å²) in [6.45, 7) is 6.55. The average molecular weight is 467 g/mol. The number of para-hydroxylation sites is 2. The number of carbonyl (C=O) groups excluding carboxylic acids is 3. The number of hydrogen-bond acceptors (Lipinski definition) is 5. The molecule has 2 aromatic rings. The van der Waals surface area contributed by atoms with E-state index in [1.807, 2.05) is 19.9 Å². The van der Waals surface area contributed by atoms with E-state index in [0.29, 0.717) is 47.1 Å². The lowest BCUT2D eigenvalue weighted by atomic mass is 9.94. The van der Waals surface area contributed by atoms with Gasteiger partial charge >= 0.3 is 18.0 Å². The van der Waals surface area contributed by atoms with Crippen LogP contribution in [0.25, 0.3) is 0 Å². The molecule has 0 saturated heterocycles. The first-order chi connectivity index (χ1) is 16.4. The van der Waals surface area contributed by atoms with Crippen molar-refractivity contribution in [2.45, 2.75) is 33.2 Å². The standard InChI is InChI=1S/C25H30N4O5/c1-5-15-29-16(3)21(23(30)33-4)22(28-25(29)32)17-11-13-18(14-12-17)26-24(31)27-19-9-7-8-10-20(19)34-6-2/h7-14,22H,5-6,15H2,1-4H3,(H,28,32)(H2,26,27,31)/t22-/m0/s1. The molecule has 0 saturated carbocycles. The highest BCUT2D eigenvalue weighted by Crippen LogP contribution is 2.32. The molecule has 1 atom stereocenters. The Bertz CT molecular complexity index is 1080. The smallest absolute Gasteiger partial charge is 0.337 e. The number of hydrogen-bond donors (Lipinski definition) is 3. The van der Waals surface area contributed by atoms with E-state index in [1.165, 1.54) is 7.11 Å². The maximum Gasteiger partial charge on any atom is 0.337 e. The van der Waals surface area contributed by atoms with Crippen molar-refractivity contribution in [2.24, 2.45) is 0 Å². The third-order valence-electron chi connectivity index (χ3n) is 5.39. The van der Waals surface area contributed by atoms with Gasteiger partial charge in [-0.1, -0.05) is 31.2 Å². The Hall–Kier alpha value is -4.01. The fourth-order valence-electron chi connectivity index (χ4n) is 3.79. The molecule has 0 aromatic heterocycles. The van der Waals surface area contributed by atoms with Crippen molar-refractivity contribution in [1.82, 2.24) is 10.2 Å². The van der Waals surface area contributed by atoms with E-state index in [0.717, 1.165) is 6.42 Å². The minimum absolute atomic E-state index is 0.272. The van der Waals surface area contributed by atoms with Crippen molar-refractivity contribution in [1.29, 1.82) is 0 Å². The number of allylic oxidation sites excluding steroid dienone is 1. The molecule has 4 amide bonds. The molecule has 9 heteroatoms. The Labute approximate surface area is 199 Å². The van der Waals surface area contributed by atoms with Gasteiger partial charge in [-0.25, -0.2) is 14.4 Å². The Morgan fingerprint density at radius 3 is 2.41 bits per heavy atom. The quantitative estimate of drug-likeness (QED) is 0.491. The van der Waals surface area contributed by atoms with Crippen LogP contribution in [0, 0.1) is 0 Å². The number of ether oxygens (including phenoxy) is 2. The third-order valence-corrected chi connectivity index (χ3v) is 5.39. The zero-order valence-corrected chi connectivity index (χ0v) is 19.8. The van der Waals surface area contributed by atoms with Crippen LogP contribution >= 0.6 is 0 Å². The Morgan fingerprint density at radius 1 is 1.06 bits per heavy atom. The second kappa shape index (κ2) is 11.2. The molecule has 3 N–H and O–H groups in total. The van der Waals surface area contributed by atoms with Crippen LogP contribution in [0.1, 0.15) is 38.8 Å². The fraction of sp³-hybridized carbons (Fsp3) is 0.320. The normalized spacial score (nSPS) is 15.5. The number of urea groups is 2. The minimum atomic E-state index is -0.658. The van der Waals surface area contributed by atoms with Crippen molar-refractivity contribution in [2.75, 3.05) is 30.9 Å². The molecule has 1 heterocycles. The first kappa shape index (κ1) is 24.6. The second-order valence-electron chi connectivity index (χ2n) is 7.66. The second-order valence-corrected chi connectivity index (χ2v) is 7.66. The number of methoxy groups -OCH3 is 1. The number of nitrogens with zero attached hydrogens (tertiary/aromatic N) is 1. The van der Waals surface area contributed by atoms with Gasteiger partial charge in [0.25, 0.3) is 0 Å². The van der Waals surface area contributed by atoms with Crippen molar-refractivity contribution < 1.29 is 23.9 Å². The Morgan fingerprint density at radius 2 is 1.76 bits per heavy atom. The van der Waals surface area contributed by atoms with E-state index in [4.69, 9.17) is 9.47 Å². The van der Waals surface area contributed by atoms with Crippen LogP contribution in [0.4, 0.5) is 21.0 Å². The van der Waals surface area contributed by atoms with Crippen LogP contribution in [0.3, 0.4) is 0 Å². The van der Waals surface area contributed by atoms with Crippen molar-refractivity contribution >= 4 is 29.4 Å². The van der Waals surface area contributed by atoms with Crippen LogP contribution in [0.15, 0.2) is 59.8 Å². The maximum absolute atomic E-state index is 12.6. The SMILES string of the molecule is CCCN1C(=O)N[C@@H](c2ccc(NC(=O)Nc3ccccc3OCC)cc2)C(C(=O)OC)=C1C. The third kappa shape index (κ3) is 5.48. The molecule has 3 rings (SSSR count). The van der Waals surface area contributed by atoms with E-state index in [-0.39, 0.29) is 6.03 Å². The summed E-state index contributed by atoms with van der Waals surface area (Å²) < 4.78 is 10.5. The minimum Gasteiger partial charge on any atom is -0.492 e. The van der Waals surface area contributed by atoms with Gasteiger partial charge in [0.15, 0.2) is 0 Å². The lowest BCUT2D eigenvalue weighted by molar-refractivity contribution is -0.136. The zero-order chi connectivity index (χ0) is 24.7. The predicted molar refractivity (Wildman–Crippen MR) is 130 cm³/mol. The molecule has 1 aliphatic heterocycles. The van der Waals surface area contributed by atoms with Crippen molar-refractivity contribution in [3.05, 3.63) is 65.4 Å². The largest absolute Gasteiger partial charge is 0.492 e. The molecule has 0 aliphatic carbocycles. The first-order valence-electron chi connectivity index (χ1n) is 11.2. The number of amides is 4. The number of nitrogens with one attached hydrogen (secondary N) is 3.